The van der Waals surface area contributed by atoms with E-state index in [0.717, 1.165) is 5.69 Å². The zero-order valence-electron chi connectivity index (χ0n) is 14.1. The van der Waals surface area contributed by atoms with Gasteiger partial charge in [-0.15, -0.1) is 0 Å². The highest BCUT2D eigenvalue weighted by molar-refractivity contribution is 7.92. The normalized spacial score (nSPS) is 10.9. The van der Waals surface area contributed by atoms with E-state index < -0.39 is 10.0 Å². The van der Waals surface area contributed by atoms with Crippen LogP contribution in [-0.4, -0.2) is 19.9 Å². The molecule has 1 aromatic heterocycles. The van der Waals surface area contributed by atoms with Crippen LogP contribution in [0, 0.1) is 0 Å². The fourth-order valence-corrected chi connectivity index (χ4v) is 4.21. The van der Waals surface area contributed by atoms with Gasteiger partial charge >= 0.3 is 0 Å². The maximum Gasteiger partial charge on any atom is 0.264 e. The molecule has 0 spiro atoms. The van der Waals surface area contributed by atoms with E-state index >= 15 is 0 Å². The van der Waals surface area contributed by atoms with Crippen LogP contribution < -0.4 is 16.7 Å². The van der Waals surface area contributed by atoms with E-state index in [1.807, 2.05) is 18.2 Å². The molecule has 0 fully saturated rings. The summed E-state index contributed by atoms with van der Waals surface area (Å²) in [5.74, 6) is 0. The zero-order valence-corrected chi connectivity index (χ0v) is 17.2. The molecule has 0 amide bonds. The number of pyridine rings is 1. The van der Waals surface area contributed by atoms with E-state index in [0.29, 0.717) is 22.2 Å². The van der Waals surface area contributed by atoms with Crippen LogP contribution in [0.1, 0.15) is 5.69 Å². The van der Waals surface area contributed by atoms with Gasteiger partial charge in [0.1, 0.15) is 0 Å². The van der Waals surface area contributed by atoms with Gasteiger partial charge < -0.3 is 12.4 Å². The van der Waals surface area contributed by atoms with Crippen LogP contribution in [0.3, 0.4) is 0 Å². The van der Waals surface area contributed by atoms with Gasteiger partial charge in [-0.25, -0.2) is 8.42 Å². The summed E-state index contributed by atoms with van der Waals surface area (Å²) in [5.41, 5.74) is 1.36. The molecular weight excluding hydrogens is 427 g/mol. The predicted octanol–water partition coefficient (Wildman–Crippen LogP) is 1.83. The van der Waals surface area contributed by atoms with Gasteiger partial charge in [-0.05, 0) is 60.7 Å². The molecule has 0 saturated carbocycles. The second kappa shape index (κ2) is 9.42. The van der Waals surface area contributed by atoms with Crippen LogP contribution in [0.25, 0.3) is 0 Å². The van der Waals surface area contributed by atoms with Crippen molar-refractivity contribution in [2.75, 3.05) is 10.8 Å². The van der Waals surface area contributed by atoms with E-state index in [1.54, 1.807) is 42.6 Å². The quantitative estimate of drug-likeness (QED) is 0.585. The summed E-state index contributed by atoms with van der Waals surface area (Å²) in [4.78, 5) is 4.44. The molecule has 0 saturated heterocycles. The smallest absolute Gasteiger partial charge is 0.264 e. The number of aromatic nitrogens is 1. The third kappa shape index (κ3) is 5.36. The van der Waals surface area contributed by atoms with Crippen molar-refractivity contribution in [3.63, 3.8) is 0 Å². The van der Waals surface area contributed by atoms with Crippen molar-refractivity contribution >= 4 is 38.9 Å². The number of benzene rings is 2. The number of hydrogen-bond donors (Lipinski definition) is 0. The van der Waals surface area contributed by atoms with Crippen LogP contribution in [0.4, 0.5) is 5.69 Å². The molecule has 142 valence electrons. The lowest BCUT2D eigenvalue weighted by Crippen LogP contribution is -3.00. The first-order valence-corrected chi connectivity index (χ1v) is 10.1. The molecule has 0 aliphatic heterocycles. The molecule has 2 aromatic carbocycles. The number of hydrogen-bond acceptors (Lipinski definition) is 3. The van der Waals surface area contributed by atoms with Crippen molar-refractivity contribution < 1.29 is 20.8 Å². The summed E-state index contributed by atoms with van der Waals surface area (Å²) in [6.07, 6.45) is 2.17. The Balaban J connectivity index is 0.00000261. The van der Waals surface area contributed by atoms with Gasteiger partial charge in [-0.2, -0.15) is 0 Å². The summed E-state index contributed by atoms with van der Waals surface area (Å²) >= 11 is 11.8. The van der Waals surface area contributed by atoms with Crippen LogP contribution in [0.15, 0.2) is 77.8 Å². The summed E-state index contributed by atoms with van der Waals surface area (Å²) in [7, 11) is -3.75. The van der Waals surface area contributed by atoms with Crippen molar-refractivity contribution in [1.82, 2.24) is 4.98 Å². The van der Waals surface area contributed by atoms with E-state index in [1.165, 1.54) is 16.4 Å². The number of sulfonamides is 1. The first-order valence-electron chi connectivity index (χ1n) is 7.90. The SMILES string of the molecule is O=S(=O)(c1ccc(Cl)cc1)N(CCc1ccccn1)c1ccc(Cl)cc1.[Cl-]. The Morgan fingerprint density at radius 1 is 0.852 bits per heavy atom. The molecule has 0 aliphatic carbocycles. The molecule has 8 heteroatoms. The van der Waals surface area contributed by atoms with Gasteiger partial charge in [0.25, 0.3) is 10.0 Å². The van der Waals surface area contributed by atoms with Crippen LogP contribution >= 0.6 is 23.2 Å². The van der Waals surface area contributed by atoms with E-state index in [4.69, 9.17) is 23.2 Å². The van der Waals surface area contributed by atoms with Gasteiger partial charge in [-0.3, -0.25) is 9.29 Å². The first kappa shape index (κ1) is 21.5. The predicted molar refractivity (Wildman–Crippen MR) is 105 cm³/mol. The second-order valence-electron chi connectivity index (χ2n) is 5.58. The number of rotatable bonds is 6. The molecule has 0 atom stereocenters. The Hall–Kier alpha value is -1.79. The molecule has 1 heterocycles. The Morgan fingerprint density at radius 2 is 1.44 bits per heavy atom. The highest BCUT2D eigenvalue weighted by Crippen LogP contribution is 2.26. The molecular formula is C19H16Cl3N2O2S-. The fraction of sp³-hybridized carbons (Fsp3) is 0.105. The highest BCUT2D eigenvalue weighted by Gasteiger charge is 2.25. The maximum atomic E-state index is 13.2. The molecule has 0 N–H and O–H groups in total. The van der Waals surface area contributed by atoms with E-state index in [-0.39, 0.29) is 23.8 Å². The molecule has 3 rings (SSSR count). The Labute approximate surface area is 175 Å². The topological polar surface area (TPSA) is 50.3 Å². The van der Waals surface area contributed by atoms with Crippen molar-refractivity contribution in [2.24, 2.45) is 0 Å². The average Bonchev–Trinajstić information content (AvgIpc) is 2.64. The molecule has 4 nitrogen and oxygen atoms in total. The summed E-state index contributed by atoms with van der Waals surface area (Å²) < 4.78 is 27.7. The van der Waals surface area contributed by atoms with E-state index in [2.05, 4.69) is 4.98 Å². The number of anilines is 1. The summed E-state index contributed by atoms with van der Waals surface area (Å²) in [5, 5.41) is 1.03. The highest BCUT2D eigenvalue weighted by atomic mass is 35.5. The fourth-order valence-electron chi connectivity index (χ4n) is 2.49. The second-order valence-corrected chi connectivity index (χ2v) is 8.31. The average molecular weight is 443 g/mol. The standard InChI is InChI=1S/C19H16Cl2N2O2S.ClH/c20-15-4-8-18(9-5-15)23(14-12-17-3-1-2-13-22-17)26(24,25)19-10-6-16(21)7-11-19;/h1-11,13H,12,14H2;1H/p-1. The van der Waals surface area contributed by atoms with Gasteiger partial charge in [0.2, 0.25) is 0 Å². The number of halogens is 3. The lowest BCUT2D eigenvalue weighted by molar-refractivity contribution is -0.00000744. The lowest BCUT2D eigenvalue weighted by Gasteiger charge is -2.24. The molecule has 27 heavy (non-hydrogen) atoms. The van der Waals surface area contributed by atoms with Crippen molar-refractivity contribution in [3.05, 3.63) is 88.7 Å². The molecule has 0 bridgehead atoms. The molecule has 0 aliphatic rings. The van der Waals surface area contributed by atoms with Crippen molar-refractivity contribution in [2.45, 2.75) is 11.3 Å². The van der Waals surface area contributed by atoms with Crippen LogP contribution in [0.2, 0.25) is 10.0 Å². The van der Waals surface area contributed by atoms with Crippen molar-refractivity contribution in [3.8, 4) is 0 Å². The Kier molecular flexibility index (Phi) is 7.50. The lowest BCUT2D eigenvalue weighted by atomic mass is 10.2. The molecule has 0 radical (unpaired) electrons. The minimum absolute atomic E-state index is 0. The van der Waals surface area contributed by atoms with Crippen LogP contribution in [0.5, 0.6) is 0 Å². The number of nitrogens with zero attached hydrogens (tertiary/aromatic N) is 2. The minimum atomic E-state index is -3.75. The van der Waals surface area contributed by atoms with Gasteiger partial charge in [-0.1, -0.05) is 29.3 Å². The maximum absolute atomic E-state index is 13.2. The zero-order chi connectivity index (χ0) is 18.6. The van der Waals surface area contributed by atoms with Crippen LogP contribution in [-0.2, 0) is 16.4 Å². The first-order chi connectivity index (χ1) is 12.5. The Morgan fingerprint density at radius 3 is 2.00 bits per heavy atom. The molecule has 0 unspecified atom stereocenters. The largest absolute Gasteiger partial charge is 1.00 e. The van der Waals surface area contributed by atoms with E-state index in [9.17, 15) is 8.42 Å². The third-order valence-electron chi connectivity index (χ3n) is 3.81. The van der Waals surface area contributed by atoms with Gasteiger partial charge in [0, 0.05) is 34.9 Å². The minimum Gasteiger partial charge on any atom is -1.00 e. The summed E-state index contributed by atoms with van der Waals surface area (Å²) in [6, 6.07) is 18.4. The van der Waals surface area contributed by atoms with Crippen molar-refractivity contribution in [1.29, 1.82) is 0 Å². The monoisotopic (exact) mass is 441 g/mol. The summed E-state index contributed by atoms with van der Waals surface area (Å²) in [6.45, 7) is 0.254. The Bertz CT molecular complexity index is 964. The van der Waals surface area contributed by atoms with Gasteiger partial charge in [0.15, 0.2) is 0 Å². The third-order valence-corrected chi connectivity index (χ3v) is 6.16. The van der Waals surface area contributed by atoms with Gasteiger partial charge in [0.05, 0.1) is 10.6 Å². The molecule has 3 aromatic rings.